The maximum absolute atomic E-state index is 11.5. The molecule has 6 nitrogen and oxygen atoms in total. The van der Waals surface area contributed by atoms with Crippen LogP contribution < -0.4 is 10.6 Å². The van der Waals surface area contributed by atoms with Gasteiger partial charge in [-0.15, -0.1) is 0 Å². The van der Waals surface area contributed by atoms with Crippen molar-refractivity contribution in [3.05, 3.63) is 42.0 Å². The van der Waals surface area contributed by atoms with Crippen LogP contribution in [0.3, 0.4) is 0 Å². The molecule has 1 aromatic rings. The average molecular weight is 262 g/mol. The van der Waals surface area contributed by atoms with Crippen molar-refractivity contribution in [2.75, 3.05) is 11.9 Å². The lowest BCUT2D eigenvalue weighted by Crippen LogP contribution is -2.22. The summed E-state index contributed by atoms with van der Waals surface area (Å²) in [6, 6.07) is 6.27. The Bertz CT molecular complexity index is 506. The van der Waals surface area contributed by atoms with Crippen LogP contribution in [0.4, 0.5) is 5.69 Å². The number of carbonyl (C=O) groups excluding carboxylic acids is 2. The van der Waals surface area contributed by atoms with Gasteiger partial charge in [0.2, 0.25) is 5.91 Å². The lowest BCUT2D eigenvalue weighted by Gasteiger charge is -2.04. The topological polar surface area (TPSA) is 95.5 Å². The van der Waals surface area contributed by atoms with Crippen LogP contribution in [0, 0.1) is 0 Å². The number of carboxylic acid groups (broad SMARTS) is 1. The molecule has 0 saturated carbocycles. The molecule has 0 unspecified atom stereocenters. The van der Waals surface area contributed by atoms with Crippen molar-refractivity contribution >= 4 is 23.5 Å². The van der Waals surface area contributed by atoms with E-state index >= 15 is 0 Å². The zero-order valence-corrected chi connectivity index (χ0v) is 10.3. The number of rotatable bonds is 5. The van der Waals surface area contributed by atoms with E-state index in [1.165, 1.54) is 0 Å². The first-order valence-corrected chi connectivity index (χ1v) is 5.63. The molecule has 1 rings (SSSR count). The standard InChI is InChI=1S/C13H14N2O4/c1-2-14-13(19)9-3-5-10(6-4-9)15-11(16)7-8-12(17)18/h3-8H,2H2,1H3,(H,14,19)(H,15,16)(H,17,18)/b8-7+. The summed E-state index contributed by atoms with van der Waals surface area (Å²) in [7, 11) is 0. The van der Waals surface area contributed by atoms with Crippen molar-refractivity contribution in [1.82, 2.24) is 5.32 Å². The number of carboxylic acids is 1. The van der Waals surface area contributed by atoms with Crippen molar-refractivity contribution in [2.24, 2.45) is 0 Å². The third kappa shape index (κ3) is 5.03. The molecule has 2 amide bonds. The highest BCUT2D eigenvalue weighted by molar-refractivity contribution is 6.02. The van der Waals surface area contributed by atoms with Gasteiger partial charge in [0, 0.05) is 29.9 Å². The van der Waals surface area contributed by atoms with Crippen LogP contribution in [0.15, 0.2) is 36.4 Å². The zero-order valence-electron chi connectivity index (χ0n) is 10.3. The van der Waals surface area contributed by atoms with Crippen LogP contribution in [0.5, 0.6) is 0 Å². The highest BCUT2D eigenvalue weighted by Gasteiger charge is 2.04. The van der Waals surface area contributed by atoms with E-state index in [2.05, 4.69) is 10.6 Å². The second-order valence-electron chi connectivity index (χ2n) is 3.60. The fourth-order valence-electron chi connectivity index (χ4n) is 1.30. The summed E-state index contributed by atoms with van der Waals surface area (Å²) in [5.74, 6) is -1.93. The van der Waals surface area contributed by atoms with Crippen LogP contribution in [-0.2, 0) is 9.59 Å². The summed E-state index contributed by atoms with van der Waals surface area (Å²) in [5.41, 5.74) is 0.967. The second-order valence-corrected chi connectivity index (χ2v) is 3.60. The van der Waals surface area contributed by atoms with E-state index in [1.54, 1.807) is 24.3 Å². The predicted octanol–water partition coefficient (Wildman–Crippen LogP) is 1.02. The maximum Gasteiger partial charge on any atom is 0.328 e. The molecule has 6 heteroatoms. The van der Waals surface area contributed by atoms with Gasteiger partial charge in [0.15, 0.2) is 0 Å². The largest absolute Gasteiger partial charge is 0.478 e. The van der Waals surface area contributed by atoms with E-state index in [0.29, 0.717) is 17.8 Å². The van der Waals surface area contributed by atoms with Gasteiger partial charge in [0.05, 0.1) is 0 Å². The Labute approximate surface area is 110 Å². The maximum atomic E-state index is 11.5. The molecule has 100 valence electrons. The van der Waals surface area contributed by atoms with Gasteiger partial charge in [-0.05, 0) is 31.2 Å². The van der Waals surface area contributed by atoms with Crippen molar-refractivity contribution in [3.8, 4) is 0 Å². The molecule has 1 aromatic carbocycles. The number of nitrogens with one attached hydrogen (secondary N) is 2. The van der Waals surface area contributed by atoms with Crippen molar-refractivity contribution in [3.63, 3.8) is 0 Å². The molecule has 0 aromatic heterocycles. The first-order valence-electron chi connectivity index (χ1n) is 5.63. The van der Waals surface area contributed by atoms with Gasteiger partial charge in [-0.1, -0.05) is 0 Å². The highest BCUT2D eigenvalue weighted by Crippen LogP contribution is 2.09. The number of aliphatic carboxylic acids is 1. The first-order chi connectivity index (χ1) is 9.02. The lowest BCUT2D eigenvalue weighted by molar-refractivity contribution is -0.131. The molecule has 0 aliphatic carbocycles. The number of anilines is 1. The molecule has 0 spiro atoms. The van der Waals surface area contributed by atoms with Gasteiger partial charge in [-0.3, -0.25) is 9.59 Å². The fraction of sp³-hybridized carbons (Fsp3) is 0.154. The van der Waals surface area contributed by atoms with E-state index in [9.17, 15) is 14.4 Å². The molecule has 0 bridgehead atoms. The Hall–Kier alpha value is -2.63. The summed E-state index contributed by atoms with van der Waals surface area (Å²) in [6.07, 6.45) is 1.67. The molecule has 0 radical (unpaired) electrons. The van der Waals surface area contributed by atoms with E-state index in [0.717, 1.165) is 12.2 Å². The lowest BCUT2D eigenvalue weighted by atomic mass is 10.2. The van der Waals surface area contributed by atoms with E-state index in [1.807, 2.05) is 6.92 Å². The molecule has 0 saturated heterocycles. The molecular formula is C13H14N2O4. The Balaban J connectivity index is 2.64. The number of benzene rings is 1. The van der Waals surface area contributed by atoms with Crippen LogP contribution in [0.25, 0.3) is 0 Å². The molecule has 0 aliphatic heterocycles. The first kappa shape index (κ1) is 14.4. The van der Waals surface area contributed by atoms with Crippen molar-refractivity contribution < 1.29 is 19.5 Å². The Kier molecular flexibility index (Phi) is 5.28. The predicted molar refractivity (Wildman–Crippen MR) is 69.9 cm³/mol. The minimum atomic E-state index is -1.19. The van der Waals surface area contributed by atoms with Crippen molar-refractivity contribution in [1.29, 1.82) is 0 Å². The zero-order chi connectivity index (χ0) is 14.3. The highest BCUT2D eigenvalue weighted by atomic mass is 16.4. The van der Waals surface area contributed by atoms with Crippen molar-refractivity contribution in [2.45, 2.75) is 6.92 Å². The smallest absolute Gasteiger partial charge is 0.328 e. The average Bonchev–Trinajstić information content (AvgIpc) is 2.37. The number of hydrogen-bond donors (Lipinski definition) is 3. The van der Waals surface area contributed by atoms with Crippen LogP contribution in [-0.4, -0.2) is 29.4 Å². The molecule has 0 aliphatic rings. The third-order valence-electron chi connectivity index (χ3n) is 2.13. The summed E-state index contributed by atoms with van der Waals surface area (Å²) in [4.78, 5) is 33.0. The molecule has 19 heavy (non-hydrogen) atoms. The van der Waals surface area contributed by atoms with Gasteiger partial charge in [0.25, 0.3) is 5.91 Å². The Morgan fingerprint density at radius 3 is 2.32 bits per heavy atom. The van der Waals surface area contributed by atoms with Crippen LogP contribution in [0.2, 0.25) is 0 Å². The monoisotopic (exact) mass is 262 g/mol. The van der Waals surface area contributed by atoms with Gasteiger partial charge < -0.3 is 15.7 Å². The second kappa shape index (κ2) is 6.95. The molecule has 0 atom stereocenters. The molecule has 0 heterocycles. The normalized spacial score (nSPS) is 10.2. The van der Waals surface area contributed by atoms with Gasteiger partial charge in [0.1, 0.15) is 0 Å². The van der Waals surface area contributed by atoms with Gasteiger partial charge in [-0.2, -0.15) is 0 Å². The Morgan fingerprint density at radius 1 is 1.16 bits per heavy atom. The van der Waals surface area contributed by atoms with Crippen LogP contribution >= 0.6 is 0 Å². The number of amides is 2. The minimum absolute atomic E-state index is 0.189. The fourth-order valence-corrected chi connectivity index (χ4v) is 1.30. The summed E-state index contributed by atoms with van der Waals surface area (Å²) < 4.78 is 0. The minimum Gasteiger partial charge on any atom is -0.478 e. The molecule has 3 N–H and O–H groups in total. The van der Waals surface area contributed by atoms with E-state index < -0.39 is 11.9 Å². The van der Waals surface area contributed by atoms with Crippen LogP contribution in [0.1, 0.15) is 17.3 Å². The summed E-state index contributed by atoms with van der Waals surface area (Å²) in [5, 5.41) is 13.5. The number of hydrogen-bond acceptors (Lipinski definition) is 3. The third-order valence-corrected chi connectivity index (χ3v) is 2.13. The van der Waals surface area contributed by atoms with E-state index in [-0.39, 0.29) is 5.91 Å². The number of carbonyl (C=O) groups is 3. The quantitative estimate of drug-likeness (QED) is 0.690. The van der Waals surface area contributed by atoms with Gasteiger partial charge in [-0.25, -0.2) is 4.79 Å². The molecular weight excluding hydrogens is 248 g/mol. The summed E-state index contributed by atoms with van der Waals surface area (Å²) >= 11 is 0. The SMILES string of the molecule is CCNC(=O)c1ccc(NC(=O)/C=C/C(=O)O)cc1. The van der Waals surface area contributed by atoms with E-state index in [4.69, 9.17) is 5.11 Å². The Morgan fingerprint density at radius 2 is 1.79 bits per heavy atom. The van der Waals surface area contributed by atoms with Gasteiger partial charge >= 0.3 is 5.97 Å². The molecule has 0 fully saturated rings. The summed E-state index contributed by atoms with van der Waals surface area (Å²) in [6.45, 7) is 2.36.